The number of nitrogens with zero attached hydrogens (tertiary/aromatic N) is 3. The van der Waals surface area contributed by atoms with Crippen molar-refractivity contribution >= 4 is 17.0 Å². The van der Waals surface area contributed by atoms with Gasteiger partial charge in [-0.3, -0.25) is 9.25 Å². The lowest BCUT2D eigenvalue weighted by molar-refractivity contribution is 0.0697. The molecule has 0 amide bonds. The summed E-state index contributed by atoms with van der Waals surface area (Å²) in [6.45, 7) is 2.22. The highest BCUT2D eigenvalue weighted by atomic mass is 16.4. The van der Waals surface area contributed by atoms with Gasteiger partial charge >= 0.3 is 11.7 Å². The number of aromatic nitrogens is 4. The van der Waals surface area contributed by atoms with E-state index in [1.165, 1.54) is 16.7 Å². The summed E-state index contributed by atoms with van der Waals surface area (Å²) in [5.74, 6) is -1.02. The third kappa shape index (κ3) is 2.22. The number of carbonyl (C=O) groups is 1. The maximum absolute atomic E-state index is 12.1. The van der Waals surface area contributed by atoms with Gasteiger partial charge in [0.05, 0.1) is 28.8 Å². The number of rotatable bonds is 3. The fourth-order valence-corrected chi connectivity index (χ4v) is 2.42. The Labute approximate surface area is 119 Å². The standard InChI is InChI=1S/C14H14N4O3/c1-8-10(6-17(2)16-8)7-18-12-5-9(13(19)20)3-4-11(12)15-14(18)21/h3-6H,7H2,1-2H3,(H,15,21)(H,19,20). The van der Waals surface area contributed by atoms with Gasteiger partial charge in [0.2, 0.25) is 0 Å². The first kappa shape index (κ1) is 13.2. The summed E-state index contributed by atoms with van der Waals surface area (Å²) in [5.41, 5.74) is 2.83. The fourth-order valence-electron chi connectivity index (χ4n) is 2.42. The number of fused-ring (bicyclic) bond motifs is 1. The smallest absolute Gasteiger partial charge is 0.335 e. The topological polar surface area (TPSA) is 92.9 Å². The summed E-state index contributed by atoms with van der Waals surface area (Å²) in [7, 11) is 1.82. The molecule has 1 aromatic carbocycles. The number of benzene rings is 1. The summed E-state index contributed by atoms with van der Waals surface area (Å²) in [6.07, 6.45) is 1.85. The fraction of sp³-hybridized carbons (Fsp3) is 0.214. The van der Waals surface area contributed by atoms with Crippen LogP contribution in [0.2, 0.25) is 0 Å². The molecule has 2 aromatic heterocycles. The first-order chi connectivity index (χ1) is 9.95. The van der Waals surface area contributed by atoms with Gasteiger partial charge in [0.1, 0.15) is 0 Å². The molecule has 0 saturated heterocycles. The van der Waals surface area contributed by atoms with Crippen molar-refractivity contribution in [2.45, 2.75) is 13.5 Å². The molecule has 7 heteroatoms. The number of hydrogen-bond acceptors (Lipinski definition) is 3. The van der Waals surface area contributed by atoms with Crippen LogP contribution in [0.3, 0.4) is 0 Å². The molecule has 0 aliphatic heterocycles. The second kappa shape index (κ2) is 4.62. The summed E-state index contributed by atoms with van der Waals surface area (Å²) in [5, 5.41) is 13.3. The van der Waals surface area contributed by atoms with E-state index >= 15 is 0 Å². The van der Waals surface area contributed by atoms with Gasteiger partial charge in [-0.25, -0.2) is 9.59 Å². The monoisotopic (exact) mass is 286 g/mol. The van der Waals surface area contributed by atoms with Gasteiger partial charge in [-0.15, -0.1) is 0 Å². The molecule has 2 heterocycles. The van der Waals surface area contributed by atoms with Gasteiger partial charge < -0.3 is 10.1 Å². The van der Waals surface area contributed by atoms with Crippen molar-refractivity contribution < 1.29 is 9.90 Å². The Kier molecular flexibility index (Phi) is 2.90. The zero-order chi connectivity index (χ0) is 15.1. The summed E-state index contributed by atoms with van der Waals surface area (Å²) >= 11 is 0. The molecule has 21 heavy (non-hydrogen) atoms. The summed E-state index contributed by atoms with van der Waals surface area (Å²) < 4.78 is 3.21. The van der Waals surface area contributed by atoms with Gasteiger partial charge in [-0.2, -0.15) is 5.10 Å². The molecule has 3 aromatic rings. The maximum Gasteiger partial charge on any atom is 0.335 e. The maximum atomic E-state index is 12.1. The van der Waals surface area contributed by atoms with Crippen molar-refractivity contribution in [3.05, 3.63) is 51.7 Å². The minimum absolute atomic E-state index is 0.151. The molecule has 7 nitrogen and oxygen atoms in total. The number of carboxylic acid groups (broad SMARTS) is 1. The van der Waals surface area contributed by atoms with E-state index in [4.69, 9.17) is 5.11 Å². The number of imidazole rings is 1. The highest BCUT2D eigenvalue weighted by Gasteiger charge is 2.12. The van der Waals surface area contributed by atoms with Crippen LogP contribution in [-0.2, 0) is 13.6 Å². The van der Waals surface area contributed by atoms with Crippen molar-refractivity contribution in [2.24, 2.45) is 7.05 Å². The number of aryl methyl sites for hydroxylation is 2. The predicted molar refractivity (Wildman–Crippen MR) is 76.6 cm³/mol. The Hall–Kier alpha value is -2.83. The van der Waals surface area contributed by atoms with Crippen LogP contribution in [0.4, 0.5) is 0 Å². The Morgan fingerprint density at radius 2 is 2.19 bits per heavy atom. The van der Waals surface area contributed by atoms with Crippen LogP contribution in [0.1, 0.15) is 21.6 Å². The van der Waals surface area contributed by atoms with E-state index in [0.29, 0.717) is 17.6 Å². The Bertz CT molecular complexity index is 901. The molecule has 0 bridgehead atoms. The molecule has 0 aliphatic rings. The van der Waals surface area contributed by atoms with Crippen LogP contribution < -0.4 is 5.69 Å². The molecule has 0 spiro atoms. The van der Waals surface area contributed by atoms with Crippen molar-refractivity contribution in [3.63, 3.8) is 0 Å². The van der Waals surface area contributed by atoms with E-state index in [0.717, 1.165) is 11.3 Å². The molecule has 0 saturated carbocycles. The van der Waals surface area contributed by atoms with Gasteiger partial charge in [-0.05, 0) is 25.1 Å². The lowest BCUT2D eigenvalue weighted by atomic mass is 10.2. The molecule has 0 radical (unpaired) electrons. The largest absolute Gasteiger partial charge is 0.478 e. The highest BCUT2D eigenvalue weighted by molar-refractivity contribution is 5.92. The number of H-pyrrole nitrogens is 1. The van der Waals surface area contributed by atoms with Gasteiger partial charge in [-0.1, -0.05) is 0 Å². The predicted octanol–water partition coefficient (Wildman–Crippen LogP) is 1.12. The Morgan fingerprint density at radius 3 is 2.81 bits per heavy atom. The quantitative estimate of drug-likeness (QED) is 0.754. The number of aromatic carboxylic acids is 1. The first-order valence-corrected chi connectivity index (χ1v) is 6.40. The second-order valence-electron chi connectivity index (χ2n) is 4.97. The van der Waals surface area contributed by atoms with Crippen LogP contribution in [0.5, 0.6) is 0 Å². The zero-order valence-corrected chi connectivity index (χ0v) is 11.6. The molecule has 0 fully saturated rings. The van der Waals surface area contributed by atoms with Crippen LogP contribution in [-0.4, -0.2) is 30.4 Å². The van der Waals surface area contributed by atoms with Gasteiger partial charge in [0.15, 0.2) is 0 Å². The van der Waals surface area contributed by atoms with Crippen LogP contribution >= 0.6 is 0 Å². The van der Waals surface area contributed by atoms with E-state index in [9.17, 15) is 9.59 Å². The normalized spacial score (nSPS) is 11.1. The zero-order valence-electron chi connectivity index (χ0n) is 11.6. The Morgan fingerprint density at radius 1 is 1.43 bits per heavy atom. The molecule has 0 aliphatic carbocycles. The molecule has 0 unspecified atom stereocenters. The van der Waals surface area contributed by atoms with Gasteiger partial charge in [0, 0.05) is 18.8 Å². The van der Waals surface area contributed by atoms with Crippen LogP contribution in [0.25, 0.3) is 11.0 Å². The van der Waals surface area contributed by atoms with Crippen LogP contribution in [0, 0.1) is 6.92 Å². The number of nitrogens with one attached hydrogen (secondary N) is 1. The average molecular weight is 286 g/mol. The van der Waals surface area contributed by atoms with Crippen molar-refractivity contribution in [1.82, 2.24) is 19.3 Å². The Balaban J connectivity index is 2.15. The summed E-state index contributed by atoms with van der Waals surface area (Å²) in [4.78, 5) is 25.9. The lowest BCUT2D eigenvalue weighted by Gasteiger charge is -2.03. The van der Waals surface area contributed by atoms with E-state index in [2.05, 4.69) is 10.1 Å². The first-order valence-electron chi connectivity index (χ1n) is 6.40. The third-order valence-corrected chi connectivity index (χ3v) is 3.47. The summed E-state index contributed by atoms with van der Waals surface area (Å²) in [6, 6.07) is 4.58. The molecule has 3 rings (SSSR count). The van der Waals surface area contributed by atoms with Crippen molar-refractivity contribution in [3.8, 4) is 0 Å². The molecule has 0 atom stereocenters. The molecule has 2 N–H and O–H groups in total. The second-order valence-corrected chi connectivity index (χ2v) is 4.97. The van der Waals surface area contributed by atoms with E-state index < -0.39 is 5.97 Å². The average Bonchev–Trinajstić information content (AvgIpc) is 2.90. The minimum atomic E-state index is -1.02. The van der Waals surface area contributed by atoms with E-state index in [1.807, 2.05) is 20.2 Å². The number of aromatic amines is 1. The lowest BCUT2D eigenvalue weighted by Crippen LogP contribution is -2.17. The van der Waals surface area contributed by atoms with E-state index in [1.54, 1.807) is 10.7 Å². The molecule has 108 valence electrons. The van der Waals surface area contributed by atoms with Crippen molar-refractivity contribution in [2.75, 3.05) is 0 Å². The number of hydrogen-bond donors (Lipinski definition) is 2. The SMILES string of the molecule is Cc1nn(C)cc1Cn1c(=O)[nH]c2ccc(C(=O)O)cc21. The highest BCUT2D eigenvalue weighted by Crippen LogP contribution is 2.15. The van der Waals surface area contributed by atoms with E-state index in [-0.39, 0.29) is 11.3 Å². The minimum Gasteiger partial charge on any atom is -0.478 e. The third-order valence-electron chi connectivity index (χ3n) is 3.47. The molecular weight excluding hydrogens is 272 g/mol. The van der Waals surface area contributed by atoms with Gasteiger partial charge in [0.25, 0.3) is 0 Å². The van der Waals surface area contributed by atoms with Crippen LogP contribution in [0.15, 0.2) is 29.2 Å². The number of carboxylic acids is 1. The van der Waals surface area contributed by atoms with Crippen molar-refractivity contribution in [1.29, 1.82) is 0 Å². The molecular formula is C14H14N4O3.